The third-order valence-corrected chi connectivity index (χ3v) is 4.48. The van der Waals surface area contributed by atoms with Gasteiger partial charge in [-0.1, -0.05) is 0 Å². The van der Waals surface area contributed by atoms with E-state index in [-0.39, 0.29) is 43.5 Å². The first kappa shape index (κ1) is 16.3. The monoisotopic (exact) mass is 334 g/mol. The van der Waals surface area contributed by atoms with Gasteiger partial charge < -0.3 is 20.5 Å². The third kappa shape index (κ3) is 2.97. The van der Waals surface area contributed by atoms with E-state index >= 15 is 0 Å². The number of nitrogens with one attached hydrogen (secondary N) is 1. The quantitative estimate of drug-likeness (QED) is 0.658. The van der Waals surface area contributed by atoms with Gasteiger partial charge in [0.15, 0.2) is 6.17 Å². The van der Waals surface area contributed by atoms with E-state index in [0.717, 1.165) is 12.1 Å². The van der Waals surface area contributed by atoms with Crippen molar-refractivity contribution >= 4 is 5.69 Å². The molecule has 0 bridgehead atoms. The minimum absolute atomic E-state index is 0.0205. The number of hydrogen-bond acceptors (Lipinski definition) is 4. The molecule has 2 aliphatic heterocycles. The molecule has 0 aromatic heterocycles. The van der Waals surface area contributed by atoms with Crippen LogP contribution in [0.4, 0.5) is 23.2 Å². The van der Waals surface area contributed by atoms with Gasteiger partial charge in [0.05, 0.1) is 18.8 Å². The summed E-state index contributed by atoms with van der Waals surface area (Å²) in [5.41, 5.74) is 3.15. The van der Waals surface area contributed by atoms with Crippen molar-refractivity contribution in [1.82, 2.24) is 5.32 Å². The largest absolute Gasteiger partial charge is 0.483 e. The summed E-state index contributed by atoms with van der Waals surface area (Å²) in [4.78, 5) is 0. The average molecular weight is 334 g/mol. The first-order valence-corrected chi connectivity index (χ1v) is 7.41. The van der Waals surface area contributed by atoms with Gasteiger partial charge in [0.25, 0.3) is 0 Å². The van der Waals surface area contributed by atoms with Crippen molar-refractivity contribution in [1.29, 1.82) is 0 Å². The van der Waals surface area contributed by atoms with Crippen LogP contribution in [-0.2, 0) is 10.9 Å². The molecule has 0 unspecified atom stereocenters. The second-order valence-corrected chi connectivity index (χ2v) is 5.97. The Morgan fingerprint density at radius 3 is 2.61 bits per heavy atom. The van der Waals surface area contributed by atoms with Gasteiger partial charge in [0, 0.05) is 24.6 Å². The van der Waals surface area contributed by atoms with Gasteiger partial charge in [-0.05, 0) is 24.7 Å². The van der Waals surface area contributed by atoms with Crippen molar-refractivity contribution in [2.45, 2.75) is 24.4 Å². The molecule has 0 aliphatic carbocycles. The van der Waals surface area contributed by atoms with E-state index in [4.69, 9.17) is 15.2 Å². The molecule has 23 heavy (non-hydrogen) atoms. The number of nitrogen functional groups attached to an aromatic ring is 1. The van der Waals surface area contributed by atoms with E-state index in [1.165, 1.54) is 6.07 Å². The Bertz CT molecular complexity index is 573. The van der Waals surface area contributed by atoms with Crippen molar-refractivity contribution in [3.05, 3.63) is 23.8 Å². The highest BCUT2D eigenvalue weighted by Gasteiger charge is 2.53. The zero-order valence-electron chi connectivity index (χ0n) is 12.3. The van der Waals surface area contributed by atoms with Crippen molar-refractivity contribution in [3.8, 4) is 5.75 Å². The number of rotatable bonds is 3. The third-order valence-electron chi connectivity index (χ3n) is 4.48. The number of benzene rings is 1. The van der Waals surface area contributed by atoms with Crippen LogP contribution < -0.4 is 15.8 Å². The molecule has 2 atom stereocenters. The molecule has 0 radical (unpaired) electrons. The molecule has 1 aromatic rings. The molecule has 0 saturated carbocycles. The Balaban J connectivity index is 1.98. The predicted octanol–water partition coefficient (Wildman–Crippen LogP) is 2.38. The van der Waals surface area contributed by atoms with E-state index in [0.29, 0.717) is 6.54 Å². The smallest absolute Gasteiger partial charge is 0.420 e. The summed E-state index contributed by atoms with van der Waals surface area (Å²) in [5, 5.41) is 2.89. The molecule has 3 rings (SSSR count). The van der Waals surface area contributed by atoms with Crippen LogP contribution in [0.15, 0.2) is 18.2 Å². The lowest BCUT2D eigenvalue weighted by molar-refractivity contribution is -0.175. The second kappa shape index (κ2) is 5.83. The van der Waals surface area contributed by atoms with Crippen molar-refractivity contribution < 1.29 is 27.0 Å². The van der Waals surface area contributed by atoms with Gasteiger partial charge in [-0.3, -0.25) is 0 Å². The fourth-order valence-corrected chi connectivity index (χ4v) is 3.08. The zero-order valence-corrected chi connectivity index (χ0v) is 12.3. The van der Waals surface area contributed by atoms with Crippen LogP contribution in [0.3, 0.4) is 0 Å². The predicted molar refractivity (Wildman–Crippen MR) is 75.9 cm³/mol. The summed E-state index contributed by atoms with van der Waals surface area (Å²) >= 11 is 0. The highest BCUT2D eigenvalue weighted by Crippen LogP contribution is 2.43. The number of nitrogens with two attached hydrogens (primary N) is 1. The molecular weight excluding hydrogens is 316 g/mol. The Hall–Kier alpha value is -1.54. The normalized spacial score (nSPS) is 29.1. The van der Waals surface area contributed by atoms with Gasteiger partial charge in [-0.2, -0.15) is 13.2 Å². The first-order chi connectivity index (χ1) is 10.8. The molecule has 1 aromatic carbocycles. The molecule has 4 nitrogen and oxygen atoms in total. The van der Waals surface area contributed by atoms with Crippen LogP contribution in [-0.4, -0.2) is 38.1 Å². The first-order valence-electron chi connectivity index (χ1n) is 7.41. The molecular formula is C15H18F4N2O2. The number of piperidine rings is 1. The Labute approximate surface area is 130 Å². The van der Waals surface area contributed by atoms with Crippen LogP contribution in [0.5, 0.6) is 5.75 Å². The Morgan fingerprint density at radius 2 is 2.04 bits per heavy atom. The number of halogens is 4. The highest BCUT2D eigenvalue weighted by molar-refractivity contribution is 5.49. The molecule has 2 aliphatic rings. The van der Waals surface area contributed by atoms with Crippen LogP contribution in [0.2, 0.25) is 0 Å². The SMILES string of the molecule is Nc1ccc(O[C@@]2(C3COC3)CCNC[C@H]2F)c(C(F)(F)F)c1. The van der Waals surface area contributed by atoms with Gasteiger partial charge in [-0.25, -0.2) is 4.39 Å². The van der Waals surface area contributed by atoms with Gasteiger partial charge in [0.2, 0.25) is 0 Å². The average Bonchev–Trinajstić information content (AvgIpc) is 2.41. The Morgan fingerprint density at radius 1 is 1.30 bits per heavy atom. The minimum Gasteiger partial charge on any atom is -0.483 e. The summed E-state index contributed by atoms with van der Waals surface area (Å²) in [6.45, 7) is 1.10. The molecule has 2 saturated heterocycles. The maximum Gasteiger partial charge on any atom is 0.420 e. The summed E-state index contributed by atoms with van der Waals surface area (Å²) in [7, 11) is 0. The van der Waals surface area contributed by atoms with Crippen LogP contribution in [0.1, 0.15) is 12.0 Å². The van der Waals surface area contributed by atoms with Crippen molar-refractivity contribution in [3.63, 3.8) is 0 Å². The molecule has 2 heterocycles. The van der Waals surface area contributed by atoms with Crippen LogP contribution in [0, 0.1) is 5.92 Å². The number of alkyl halides is 4. The number of ether oxygens (including phenoxy) is 2. The molecule has 0 spiro atoms. The Kier molecular flexibility index (Phi) is 4.14. The van der Waals surface area contributed by atoms with E-state index in [1.807, 2.05) is 0 Å². The van der Waals surface area contributed by atoms with Gasteiger partial charge in [0.1, 0.15) is 11.4 Å². The minimum atomic E-state index is -4.62. The van der Waals surface area contributed by atoms with Crippen molar-refractivity contribution in [2.75, 3.05) is 32.0 Å². The zero-order chi connectivity index (χ0) is 16.7. The van der Waals surface area contributed by atoms with Gasteiger partial charge >= 0.3 is 6.18 Å². The summed E-state index contributed by atoms with van der Waals surface area (Å²) in [6, 6.07) is 3.30. The molecule has 128 valence electrons. The van der Waals surface area contributed by atoms with Crippen LogP contribution in [0.25, 0.3) is 0 Å². The van der Waals surface area contributed by atoms with E-state index in [2.05, 4.69) is 5.32 Å². The van der Waals surface area contributed by atoms with Crippen LogP contribution >= 0.6 is 0 Å². The van der Waals surface area contributed by atoms with Crippen molar-refractivity contribution in [2.24, 2.45) is 5.92 Å². The standard InChI is InChI=1S/C15H18F4N2O2/c16-13-6-21-4-3-14(13,9-7-22-8-9)23-12-2-1-10(20)5-11(12)15(17,18)19/h1-2,5,9,13,21H,3-4,6-8,20H2/t13-,14-/m1/s1. The molecule has 8 heteroatoms. The van der Waals surface area contributed by atoms with E-state index in [9.17, 15) is 17.6 Å². The molecule has 2 fully saturated rings. The fourth-order valence-electron chi connectivity index (χ4n) is 3.08. The van der Waals surface area contributed by atoms with Gasteiger partial charge in [-0.15, -0.1) is 0 Å². The highest BCUT2D eigenvalue weighted by atomic mass is 19.4. The molecule has 0 amide bonds. The lowest BCUT2D eigenvalue weighted by Crippen LogP contribution is -2.64. The maximum absolute atomic E-state index is 14.6. The summed E-state index contributed by atoms with van der Waals surface area (Å²) in [6.07, 6.45) is -5.76. The second-order valence-electron chi connectivity index (χ2n) is 5.97. The lowest BCUT2D eigenvalue weighted by atomic mass is 9.77. The number of anilines is 1. The summed E-state index contributed by atoms with van der Waals surface area (Å²) < 4.78 is 65.1. The van der Waals surface area contributed by atoms with E-state index in [1.54, 1.807) is 0 Å². The maximum atomic E-state index is 14.6. The summed E-state index contributed by atoms with van der Waals surface area (Å²) in [5.74, 6) is -0.651. The molecule has 3 N–H and O–H groups in total. The topological polar surface area (TPSA) is 56.5 Å². The number of hydrogen-bond donors (Lipinski definition) is 2. The van der Waals surface area contributed by atoms with E-state index < -0.39 is 23.5 Å². The fraction of sp³-hybridized carbons (Fsp3) is 0.600. The lowest BCUT2D eigenvalue weighted by Gasteiger charge is -2.49.